The largest absolute Gasteiger partial charge is 0.481 e. The first-order chi connectivity index (χ1) is 10.3. The van der Waals surface area contributed by atoms with Gasteiger partial charge in [0, 0.05) is 13.1 Å². The van der Waals surface area contributed by atoms with E-state index in [4.69, 9.17) is 4.74 Å². The molecule has 0 fully saturated rings. The van der Waals surface area contributed by atoms with Crippen molar-refractivity contribution in [3.8, 4) is 5.75 Å². The molecule has 0 aliphatic carbocycles. The summed E-state index contributed by atoms with van der Waals surface area (Å²) in [6.45, 7) is 5.46. The first kappa shape index (κ1) is 18.4. The van der Waals surface area contributed by atoms with Gasteiger partial charge in [0.05, 0.1) is 4.90 Å². The van der Waals surface area contributed by atoms with Crippen molar-refractivity contribution in [2.24, 2.45) is 0 Å². The summed E-state index contributed by atoms with van der Waals surface area (Å²) in [5.74, 6) is 0.198. The highest BCUT2D eigenvalue weighted by molar-refractivity contribution is 7.89. The highest BCUT2D eigenvalue weighted by Crippen LogP contribution is 2.17. The van der Waals surface area contributed by atoms with Gasteiger partial charge in [-0.25, -0.2) is 13.1 Å². The molecule has 0 aliphatic heterocycles. The van der Waals surface area contributed by atoms with Gasteiger partial charge in [-0.05, 0) is 44.5 Å². The second-order valence-electron chi connectivity index (χ2n) is 5.16. The molecular weight excluding hydrogens is 304 g/mol. The Morgan fingerprint density at radius 2 is 1.82 bits per heavy atom. The number of nitrogens with one attached hydrogen (secondary N) is 2. The van der Waals surface area contributed by atoms with E-state index in [1.165, 1.54) is 19.2 Å². The lowest BCUT2D eigenvalue weighted by molar-refractivity contribution is -0.126. The number of sulfonamides is 1. The van der Waals surface area contributed by atoms with Crippen LogP contribution in [0.25, 0.3) is 0 Å². The van der Waals surface area contributed by atoms with Gasteiger partial charge in [0.2, 0.25) is 10.0 Å². The number of likely N-dealkylation sites (N-methyl/N-ethyl adjacent to an activating group) is 1. The zero-order valence-electron chi connectivity index (χ0n) is 13.4. The van der Waals surface area contributed by atoms with Crippen LogP contribution < -0.4 is 14.8 Å². The monoisotopic (exact) mass is 328 g/mol. The molecule has 1 aromatic rings. The fourth-order valence-corrected chi connectivity index (χ4v) is 3.26. The molecule has 22 heavy (non-hydrogen) atoms. The lowest BCUT2D eigenvalue weighted by Gasteiger charge is -2.15. The fourth-order valence-electron chi connectivity index (χ4n) is 1.98. The lowest BCUT2D eigenvalue weighted by Crippen LogP contribution is -2.33. The standard InChI is InChI=1S/C15H24N2O4S/c1-5-6-11(2)17-22(19,20)14-9-7-13(8-10-14)21-12(3)15(18)16-4/h7-12,17H,5-6H2,1-4H3,(H,16,18)/t11-,12+/m0/s1. The van der Waals surface area contributed by atoms with Crippen LogP contribution in [0.15, 0.2) is 29.2 Å². The molecule has 1 aromatic carbocycles. The Morgan fingerprint density at radius 1 is 1.23 bits per heavy atom. The van der Waals surface area contributed by atoms with Crippen LogP contribution in [-0.4, -0.2) is 33.5 Å². The van der Waals surface area contributed by atoms with Crippen molar-refractivity contribution in [3.63, 3.8) is 0 Å². The van der Waals surface area contributed by atoms with Crippen LogP contribution in [0.3, 0.4) is 0 Å². The van der Waals surface area contributed by atoms with Gasteiger partial charge in [0.25, 0.3) is 5.91 Å². The summed E-state index contributed by atoms with van der Waals surface area (Å²) in [5.41, 5.74) is 0. The summed E-state index contributed by atoms with van der Waals surface area (Å²) in [4.78, 5) is 11.6. The normalized spacial score (nSPS) is 14.2. The number of benzene rings is 1. The average molecular weight is 328 g/mol. The van der Waals surface area contributed by atoms with Crippen LogP contribution in [0.5, 0.6) is 5.75 Å². The molecule has 2 N–H and O–H groups in total. The predicted molar refractivity (Wildman–Crippen MR) is 85.3 cm³/mol. The van der Waals surface area contributed by atoms with Crippen molar-refractivity contribution in [1.82, 2.24) is 10.0 Å². The molecule has 1 rings (SSSR count). The minimum atomic E-state index is -3.53. The average Bonchev–Trinajstić information content (AvgIpc) is 2.46. The van der Waals surface area contributed by atoms with E-state index in [2.05, 4.69) is 10.0 Å². The molecule has 0 saturated heterocycles. The van der Waals surface area contributed by atoms with Crippen molar-refractivity contribution in [3.05, 3.63) is 24.3 Å². The van der Waals surface area contributed by atoms with Crippen molar-refractivity contribution in [2.45, 2.75) is 50.7 Å². The van der Waals surface area contributed by atoms with Crippen molar-refractivity contribution in [2.75, 3.05) is 7.05 Å². The first-order valence-corrected chi connectivity index (χ1v) is 8.79. The molecule has 0 bridgehead atoms. The number of hydrogen-bond donors (Lipinski definition) is 2. The van der Waals surface area contributed by atoms with Gasteiger partial charge in [-0.2, -0.15) is 0 Å². The van der Waals surface area contributed by atoms with Crippen molar-refractivity contribution < 1.29 is 17.9 Å². The molecule has 0 unspecified atom stereocenters. The number of amides is 1. The van der Waals surface area contributed by atoms with Crippen LogP contribution in [-0.2, 0) is 14.8 Å². The van der Waals surface area contributed by atoms with E-state index in [1.807, 2.05) is 13.8 Å². The SMILES string of the molecule is CCC[C@H](C)NS(=O)(=O)c1ccc(O[C@H](C)C(=O)NC)cc1. The Balaban J connectivity index is 2.77. The summed E-state index contributed by atoms with van der Waals surface area (Å²) in [7, 11) is -2.00. The maximum atomic E-state index is 12.2. The third-order valence-electron chi connectivity index (χ3n) is 3.14. The van der Waals surface area contributed by atoms with Crippen LogP contribution >= 0.6 is 0 Å². The lowest BCUT2D eigenvalue weighted by atomic mass is 10.2. The third kappa shape index (κ3) is 5.31. The molecular formula is C15H24N2O4S. The van der Waals surface area contributed by atoms with E-state index < -0.39 is 16.1 Å². The molecule has 0 aliphatic rings. The first-order valence-electron chi connectivity index (χ1n) is 7.30. The Morgan fingerprint density at radius 3 is 2.32 bits per heavy atom. The molecule has 6 nitrogen and oxygen atoms in total. The molecule has 1 amide bonds. The number of hydrogen-bond acceptors (Lipinski definition) is 4. The molecule has 0 aromatic heterocycles. The molecule has 0 saturated carbocycles. The minimum absolute atomic E-state index is 0.112. The van der Waals surface area contributed by atoms with E-state index in [9.17, 15) is 13.2 Å². The summed E-state index contributed by atoms with van der Waals surface area (Å²) in [5, 5.41) is 2.48. The Hall–Kier alpha value is -1.60. The Labute approximate surface area is 132 Å². The maximum Gasteiger partial charge on any atom is 0.260 e. The number of carbonyl (C=O) groups is 1. The zero-order chi connectivity index (χ0) is 16.8. The van der Waals surface area contributed by atoms with Gasteiger partial charge in [-0.1, -0.05) is 13.3 Å². The predicted octanol–water partition coefficient (Wildman–Crippen LogP) is 1.67. The second-order valence-corrected chi connectivity index (χ2v) is 6.87. The van der Waals surface area contributed by atoms with Crippen LogP contribution in [0.1, 0.15) is 33.6 Å². The Bertz CT molecular complexity index is 584. The third-order valence-corrected chi connectivity index (χ3v) is 4.75. The zero-order valence-corrected chi connectivity index (χ0v) is 14.2. The van der Waals surface area contributed by atoms with Crippen molar-refractivity contribution >= 4 is 15.9 Å². The molecule has 2 atom stereocenters. The van der Waals surface area contributed by atoms with Gasteiger partial charge < -0.3 is 10.1 Å². The smallest absolute Gasteiger partial charge is 0.260 e. The molecule has 7 heteroatoms. The number of ether oxygens (including phenoxy) is 1. The maximum absolute atomic E-state index is 12.2. The fraction of sp³-hybridized carbons (Fsp3) is 0.533. The number of rotatable bonds is 8. The summed E-state index contributed by atoms with van der Waals surface area (Å²) in [6.07, 6.45) is 1.05. The van der Waals surface area contributed by atoms with Gasteiger partial charge in [0.15, 0.2) is 6.10 Å². The summed E-state index contributed by atoms with van der Waals surface area (Å²) < 4.78 is 32.4. The van der Waals surface area contributed by atoms with E-state index in [0.29, 0.717) is 5.75 Å². The summed E-state index contributed by atoms with van der Waals surface area (Å²) in [6, 6.07) is 5.90. The highest BCUT2D eigenvalue weighted by atomic mass is 32.2. The van der Waals surface area contributed by atoms with Gasteiger partial charge in [-0.3, -0.25) is 4.79 Å². The molecule has 124 valence electrons. The van der Waals surface area contributed by atoms with Crippen LogP contribution in [0.4, 0.5) is 0 Å². The van der Waals surface area contributed by atoms with Crippen LogP contribution in [0.2, 0.25) is 0 Å². The molecule has 0 radical (unpaired) electrons. The topological polar surface area (TPSA) is 84.5 Å². The minimum Gasteiger partial charge on any atom is -0.481 e. The Kier molecular flexibility index (Phi) is 6.83. The van der Waals surface area contributed by atoms with Gasteiger partial charge >= 0.3 is 0 Å². The van der Waals surface area contributed by atoms with E-state index >= 15 is 0 Å². The van der Waals surface area contributed by atoms with Crippen molar-refractivity contribution in [1.29, 1.82) is 0 Å². The van der Waals surface area contributed by atoms with Crippen LogP contribution in [0, 0.1) is 0 Å². The van der Waals surface area contributed by atoms with E-state index in [0.717, 1.165) is 12.8 Å². The summed E-state index contributed by atoms with van der Waals surface area (Å²) >= 11 is 0. The van der Waals surface area contributed by atoms with E-state index in [1.54, 1.807) is 19.1 Å². The number of carbonyl (C=O) groups excluding carboxylic acids is 1. The van der Waals surface area contributed by atoms with E-state index in [-0.39, 0.29) is 16.8 Å². The highest BCUT2D eigenvalue weighted by Gasteiger charge is 2.18. The van der Waals surface area contributed by atoms with Gasteiger partial charge in [0.1, 0.15) is 5.75 Å². The second kappa shape index (κ2) is 8.14. The quantitative estimate of drug-likeness (QED) is 0.760. The van der Waals surface area contributed by atoms with Gasteiger partial charge in [-0.15, -0.1) is 0 Å². The molecule has 0 spiro atoms. The molecule has 0 heterocycles.